The van der Waals surface area contributed by atoms with E-state index < -0.39 is 0 Å². The van der Waals surface area contributed by atoms with Crippen molar-refractivity contribution in [2.24, 2.45) is 0 Å². The smallest absolute Gasteiger partial charge is 0.290 e. The summed E-state index contributed by atoms with van der Waals surface area (Å²) >= 11 is 7.26. The standard InChI is InChI=1S/C14H14ClN3O2S.ClH/c15-10-3-1-2-9(8-11-13(19)17-14(20)21-11)12(10)18-6-4-16-5-7-18;/h1-3,8,16H,4-7H2,(H,17,19,20);1H/b11-8+;. The molecule has 5 nitrogen and oxygen atoms in total. The van der Waals surface area contributed by atoms with Crippen molar-refractivity contribution in [1.82, 2.24) is 10.6 Å². The fourth-order valence-corrected chi connectivity index (χ4v) is 3.41. The summed E-state index contributed by atoms with van der Waals surface area (Å²) < 4.78 is 0. The molecule has 118 valence electrons. The molecule has 0 spiro atoms. The Kier molecular flexibility index (Phi) is 5.74. The van der Waals surface area contributed by atoms with Crippen molar-refractivity contribution in [2.45, 2.75) is 0 Å². The van der Waals surface area contributed by atoms with Crippen molar-refractivity contribution < 1.29 is 9.59 Å². The third kappa shape index (κ3) is 3.57. The zero-order valence-electron chi connectivity index (χ0n) is 11.6. The van der Waals surface area contributed by atoms with Gasteiger partial charge in [-0.1, -0.05) is 23.7 Å². The minimum Gasteiger partial charge on any atom is -0.367 e. The molecule has 2 heterocycles. The first-order valence-electron chi connectivity index (χ1n) is 6.64. The molecule has 0 bridgehead atoms. The van der Waals surface area contributed by atoms with E-state index in [0.717, 1.165) is 49.2 Å². The number of hydrogen-bond donors (Lipinski definition) is 2. The SMILES string of the molecule is Cl.O=C1NC(=O)/C(=C\c2cccc(Cl)c2N2CCNCC2)S1. The summed E-state index contributed by atoms with van der Waals surface area (Å²) in [4.78, 5) is 25.5. The molecule has 2 amide bonds. The molecule has 0 radical (unpaired) electrons. The van der Waals surface area contributed by atoms with Crippen molar-refractivity contribution in [2.75, 3.05) is 31.1 Å². The van der Waals surface area contributed by atoms with E-state index in [1.807, 2.05) is 18.2 Å². The number of anilines is 1. The second-order valence-electron chi connectivity index (χ2n) is 4.77. The fourth-order valence-electron chi connectivity index (χ4n) is 2.43. The maximum Gasteiger partial charge on any atom is 0.290 e. The molecule has 0 unspecified atom stereocenters. The van der Waals surface area contributed by atoms with Gasteiger partial charge in [0.1, 0.15) is 0 Å². The summed E-state index contributed by atoms with van der Waals surface area (Å²) in [6.07, 6.45) is 1.73. The predicted octanol–water partition coefficient (Wildman–Crippen LogP) is 2.50. The van der Waals surface area contributed by atoms with Crippen LogP contribution < -0.4 is 15.5 Å². The van der Waals surface area contributed by atoms with Gasteiger partial charge in [0.25, 0.3) is 11.1 Å². The Balaban J connectivity index is 0.00000176. The van der Waals surface area contributed by atoms with Crippen LogP contribution in [0.5, 0.6) is 0 Å². The number of nitrogens with one attached hydrogen (secondary N) is 2. The van der Waals surface area contributed by atoms with Gasteiger partial charge in [-0.15, -0.1) is 12.4 Å². The summed E-state index contributed by atoms with van der Waals surface area (Å²) in [6.45, 7) is 3.51. The number of carbonyl (C=O) groups excluding carboxylic acids is 2. The average molecular weight is 360 g/mol. The Labute approximate surface area is 143 Å². The van der Waals surface area contributed by atoms with Crippen molar-refractivity contribution in [3.05, 3.63) is 33.7 Å². The Morgan fingerprint density at radius 3 is 2.59 bits per heavy atom. The molecule has 0 saturated carbocycles. The summed E-state index contributed by atoms with van der Waals surface area (Å²) in [5, 5.41) is 5.87. The van der Waals surface area contributed by atoms with E-state index in [9.17, 15) is 9.59 Å². The molecule has 2 fully saturated rings. The van der Waals surface area contributed by atoms with Crippen LogP contribution >= 0.6 is 35.8 Å². The largest absolute Gasteiger partial charge is 0.367 e. The monoisotopic (exact) mass is 359 g/mol. The molecule has 22 heavy (non-hydrogen) atoms. The van der Waals surface area contributed by atoms with Crippen molar-refractivity contribution in [3.8, 4) is 0 Å². The number of thioether (sulfide) groups is 1. The summed E-state index contributed by atoms with van der Waals surface area (Å²) in [5.74, 6) is -0.351. The Hall–Kier alpha value is -1.21. The van der Waals surface area contributed by atoms with Crippen LogP contribution in [0, 0.1) is 0 Å². The van der Waals surface area contributed by atoms with Gasteiger partial charge in [-0.25, -0.2) is 0 Å². The number of hydrogen-bond acceptors (Lipinski definition) is 5. The number of amides is 2. The zero-order valence-corrected chi connectivity index (χ0v) is 14.0. The number of imide groups is 1. The van der Waals surface area contributed by atoms with E-state index >= 15 is 0 Å². The van der Waals surface area contributed by atoms with E-state index in [1.54, 1.807) is 6.08 Å². The van der Waals surface area contributed by atoms with Crippen LogP contribution in [0.3, 0.4) is 0 Å². The van der Waals surface area contributed by atoms with E-state index in [-0.39, 0.29) is 23.6 Å². The molecule has 2 N–H and O–H groups in total. The van der Waals surface area contributed by atoms with Gasteiger partial charge in [-0.2, -0.15) is 0 Å². The molecule has 2 saturated heterocycles. The number of carbonyl (C=O) groups is 2. The number of para-hydroxylation sites is 1. The summed E-state index contributed by atoms with van der Waals surface area (Å²) in [5.41, 5.74) is 1.78. The van der Waals surface area contributed by atoms with Gasteiger partial charge in [0.05, 0.1) is 15.6 Å². The maximum atomic E-state index is 11.7. The third-order valence-electron chi connectivity index (χ3n) is 3.38. The topological polar surface area (TPSA) is 61.4 Å². The van der Waals surface area contributed by atoms with E-state index in [4.69, 9.17) is 11.6 Å². The van der Waals surface area contributed by atoms with Crippen LogP contribution in [0.15, 0.2) is 23.1 Å². The number of halogens is 2. The zero-order chi connectivity index (χ0) is 14.8. The molecule has 8 heteroatoms. The maximum absolute atomic E-state index is 11.7. The molecule has 0 aliphatic carbocycles. The lowest BCUT2D eigenvalue weighted by molar-refractivity contribution is -0.115. The second kappa shape index (κ2) is 7.37. The Morgan fingerprint density at radius 1 is 1.23 bits per heavy atom. The van der Waals surface area contributed by atoms with Gasteiger partial charge in [0.2, 0.25) is 0 Å². The average Bonchev–Trinajstić information content (AvgIpc) is 2.78. The van der Waals surface area contributed by atoms with Gasteiger partial charge in [0.15, 0.2) is 0 Å². The van der Waals surface area contributed by atoms with Gasteiger partial charge in [-0.3, -0.25) is 14.9 Å². The second-order valence-corrected chi connectivity index (χ2v) is 6.19. The lowest BCUT2D eigenvalue weighted by Crippen LogP contribution is -2.43. The number of benzene rings is 1. The van der Waals surface area contributed by atoms with Crippen LogP contribution in [-0.2, 0) is 4.79 Å². The molecule has 3 rings (SSSR count). The van der Waals surface area contributed by atoms with Crippen LogP contribution in [-0.4, -0.2) is 37.3 Å². The molecule has 0 atom stereocenters. The minimum atomic E-state index is -0.351. The predicted molar refractivity (Wildman–Crippen MR) is 92.9 cm³/mol. The highest BCUT2D eigenvalue weighted by atomic mass is 35.5. The van der Waals surface area contributed by atoms with E-state index in [0.29, 0.717) is 9.93 Å². The van der Waals surface area contributed by atoms with Crippen molar-refractivity contribution >= 4 is 58.7 Å². The van der Waals surface area contributed by atoms with Crippen molar-refractivity contribution in [1.29, 1.82) is 0 Å². The van der Waals surface area contributed by atoms with E-state index in [2.05, 4.69) is 15.5 Å². The molecule has 1 aromatic carbocycles. The van der Waals surface area contributed by atoms with Crippen LogP contribution in [0.25, 0.3) is 6.08 Å². The highest BCUT2D eigenvalue weighted by molar-refractivity contribution is 8.18. The fraction of sp³-hybridized carbons (Fsp3) is 0.286. The highest BCUT2D eigenvalue weighted by Gasteiger charge is 2.26. The molecule has 2 aliphatic heterocycles. The summed E-state index contributed by atoms with van der Waals surface area (Å²) in [7, 11) is 0. The normalized spacial score (nSPS) is 20.0. The third-order valence-corrected chi connectivity index (χ3v) is 4.50. The summed E-state index contributed by atoms with van der Waals surface area (Å²) in [6, 6.07) is 5.60. The number of rotatable bonds is 2. The number of piperazine rings is 1. The van der Waals surface area contributed by atoms with Crippen LogP contribution in [0.4, 0.5) is 10.5 Å². The minimum absolute atomic E-state index is 0. The van der Waals surface area contributed by atoms with Gasteiger partial charge in [0, 0.05) is 31.7 Å². The van der Waals surface area contributed by atoms with Gasteiger partial charge in [-0.05, 0) is 23.9 Å². The lowest BCUT2D eigenvalue weighted by atomic mass is 10.1. The van der Waals surface area contributed by atoms with Crippen LogP contribution in [0.2, 0.25) is 5.02 Å². The first-order valence-corrected chi connectivity index (χ1v) is 7.83. The first kappa shape index (κ1) is 17.1. The Morgan fingerprint density at radius 2 is 1.95 bits per heavy atom. The first-order chi connectivity index (χ1) is 10.1. The Bertz CT molecular complexity index is 631. The molecule has 2 aliphatic rings. The molecule has 1 aromatic rings. The quantitative estimate of drug-likeness (QED) is 0.794. The molecular formula is C14H15Cl2N3O2S. The molecular weight excluding hydrogens is 345 g/mol. The van der Waals surface area contributed by atoms with Gasteiger partial charge < -0.3 is 10.2 Å². The molecule has 0 aromatic heterocycles. The van der Waals surface area contributed by atoms with Crippen LogP contribution in [0.1, 0.15) is 5.56 Å². The van der Waals surface area contributed by atoms with Crippen molar-refractivity contribution in [3.63, 3.8) is 0 Å². The lowest BCUT2D eigenvalue weighted by Gasteiger charge is -2.31. The van der Waals surface area contributed by atoms with Gasteiger partial charge >= 0.3 is 0 Å². The highest BCUT2D eigenvalue weighted by Crippen LogP contribution is 2.34. The number of nitrogens with zero attached hydrogens (tertiary/aromatic N) is 1. The van der Waals surface area contributed by atoms with E-state index in [1.165, 1.54) is 0 Å².